The third-order valence-electron chi connectivity index (χ3n) is 9.71. The monoisotopic (exact) mass is 639 g/mol. The minimum atomic E-state index is 0.361. The summed E-state index contributed by atoms with van der Waals surface area (Å²) in [5.41, 5.74) is 13.5. The molecule has 0 heterocycles. The van der Waals surface area contributed by atoms with E-state index < -0.39 is 0 Å². The van der Waals surface area contributed by atoms with Crippen molar-refractivity contribution in [1.82, 2.24) is 0 Å². The molecule has 0 aromatic heterocycles. The van der Waals surface area contributed by atoms with Crippen LogP contribution in [0.3, 0.4) is 0 Å². The Morgan fingerprint density at radius 3 is 1.61 bits per heavy atom. The number of allylic oxidation sites excluding steroid dienone is 3. The van der Waals surface area contributed by atoms with E-state index in [-0.39, 0.29) is 0 Å². The zero-order chi connectivity index (χ0) is 36.8. The Morgan fingerprint density at radius 1 is 0.652 bits per heavy atom. The average molecular weight is 639 g/mol. The van der Waals surface area contributed by atoms with Gasteiger partial charge in [-0.15, -0.1) is 0 Å². The second kappa shape index (κ2) is 26.4. The van der Waals surface area contributed by atoms with Gasteiger partial charge in [-0.25, -0.2) is 0 Å². The summed E-state index contributed by atoms with van der Waals surface area (Å²) in [7, 11) is 0. The molecule has 1 aromatic rings. The second-order valence-corrected chi connectivity index (χ2v) is 15.7. The Labute approximate surface area is 293 Å². The van der Waals surface area contributed by atoms with Crippen molar-refractivity contribution in [3.8, 4) is 0 Å². The van der Waals surface area contributed by atoms with Crippen LogP contribution in [0.25, 0.3) is 0 Å². The lowest BCUT2D eigenvalue weighted by Crippen LogP contribution is -2.12. The fraction of sp³-hybridized carbons (Fsp3) is 0.739. The van der Waals surface area contributed by atoms with Crippen LogP contribution in [-0.2, 0) is 12.8 Å². The fourth-order valence-corrected chi connectivity index (χ4v) is 5.88. The first-order valence-electron chi connectivity index (χ1n) is 19.4. The standard InChI is InChI=1S/C38H64.C4H10.2C2H6/c1-15-16-23-38(13,14)25-28(5)18-17-27(4)24-37-34(11)32(9)33(10)36(35(37)12)22-21-31(8)30(7)20-19-29(6)26(2)3;1-4(2)3;2*1-2/h26,29,31H,4-5,7,15-25H2,1-3,6,8-14H3;4H,1-3H3;2*1-2H3. The van der Waals surface area contributed by atoms with Gasteiger partial charge in [0.05, 0.1) is 0 Å². The van der Waals surface area contributed by atoms with E-state index in [9.17, 15) is 0 Å². The maximum Gasteiger partial charge on any atom is -0.00642 e. The van der Waals surface area contributed by atoms with Crippen molar-refractivity contribution in [1.29, 1.82) is 0 Å². The zero-order valence-corrected chi connectivity index (χ0v) is 35.2. The van der Waals surface area contributed by atoms with Crippen LogP contribution < -0.4 is 0 Å². The molecule has 46 heavy (non-hydrogen) atoms. The van der Waals surface area contributed by atoms with Crippen LogP contribution >= 0.6 is 0 Å². The zero-order valence-electron chi connectivity index (χ0n) is 35.2. The van der Waals surface area contributed by atoms with Crippen LogP contribution in [0.15, 0.2) is 36.5 Å². The highest BCUT2D eigenvalue weighted by Crippen LogP contribution is 2.34. The Balaban J connectivity index is -0.00000209. The summed E-state index contributed by atoms with van der Waals surface area (Å²) in [5, 5.41) is 0. The van der Waals surface area contributed by atoms with Crippen LogP contribution in [0.2, 0.25) is 0 Å². The molecular formula is C46H86. The number of hydrogen-bond donors (Lipinski definition) is 0. The molecule has 0 aliphatic rings. The first-order chi connectivity index (χ1) is 21.3. The van der Waals surface area contributed by atoms with Crippen molar-refractivity contribution in [2.75, 3.05) is 0 Å². The van der Waals surface area contributed by atoms with Crippen LogP contribution in [-0.4, -0.2) is 0 Å². The van der Waals surface area contributed by atoms with Crippen LogP contribution in [0.4, 0.5) is 0 Å². The predicted molar refractivity (Wildman–Crippen MR) is 218 cm³/mol. The van der Waals surface area contributed by atoms with Crippen molar-refractivity contribution in [2.24, 2.45) is 29.1 Å². The molecule has 2 atom stereocenters. The molecule has 0 aliphatic carbocycles. The van der Waals surface area contributed by atoms with Crippen molar-refractivity contribution in [3.05, 3.63) is 69.8 Å². The predicted octanol–water partition coefficient (Wildman–Crippen LogP) is 15.9. The molecule has 0 fully saturated rings. The fourth-order valence-electron chi connectivity index (χ4n) is 5.88. The molecule has 0 N–H and O–H groups in total. The Kier molecular flexibility index (Phi) is 28.0. The van der Waals surface area contributed by atoms with Crippen LogP contribution in [0, 0.1) is 56.8 Å². The summed E-state index contributed by atoms with van der Waals surface area (Å²) >= 11 is 0. The lowest BCUT2D eigenvalue weighted by atomic mass is 9.80. The van der Waals surface area contributed by atoms with Gasteiger partial charge in [0, 0.05) is 0 Å². The molecule has 1 rings (SSSR count). The quantitative estimate of drug-likeness (QED) is 0.140. The Hall–Kier alpha value is -1.56. The lowest BCUT2D eigenvalue weighted by Gasteiger charge is -2.26. The second-order valence-electron chi connectivity index (χ2n) is 15.7. The van der Waals surface area contributed by atoms with E-state index in [1.54, 1.807) is 5.56 Å². The van der Waals surface area contributed by atoms with Gasteiger partial charge in [-0.3, -0.25) is 0 Å². The molecular weight excluding hydrogens is 553 g/mol. The Morgan fingerprint density at radius 2 is 1.13 bits per heavy atom. The molecule has 1 aromatic carbocycles. The van der Waals surface area contributed by atoms with Crippen LogP contribution in [0.5, 0.6) is 0 Å². The highest BCUT2D eigenvalue weighted by atomic mass is 14.3. The van der Waals surface area contributed by atoms with Gasteiger partial charge in [0.2, 0.25) is 0 Å². The molecule has 0 bridgehead atoms. The lowest BCUT2D eigenvalue weighted by molar-refractivity contribution is 0.318. The summed E-state index contributed by atoms with van der Waals surface area (Å²) in [6.45, 7) is 53.8. The van der Waals surface area contributed by atoms with Crippen molar-refractivity contribution >= 4 is 0 Å². The average Bonchev–Trinajstić information content (AvgIpc) is 3.00. The number of unbranched alkanes of at least 4 members (excludes halogenated alkanes) is 1. The summed E-state index contributed by atoms with van der Waals surface area (Å²) in [5.74, 6) is 2.92. The molecule has 0 saturated heterocycles. The highest BCUT2D eigenvalue weighted by molar-refractivity contribution is 5.51. The Bertz CT molecular complexity index is 977. The first kappa shape index (κ1) is 48.8. The maximum absolute atomic E-state index is 4.52. The molecule has 0 nitrogen and oxygen atoms in total. The van der Waals surface area contributed by atoms with Crippen LogP contribution in [0.1, 0.15) is 188 Å². The van der Waals surface area contributed by atoms with Gasteiger partial charge in [-0.1, -0.05) is 146 Å². The molecule has 0 amide bonds. The van der Waals surface area contributed by atoms with E-state index in [1.165, 1.54) is 76.6 Å². The molecule has 0 heteroatoms. The summed E-state index contributed by atoms with van der Waals surface area (Å²) in [4.78, 5) is 0. The van der Waals surface area contributed by atoms with Gasteiger partial charge in [0.25, 0.3) is 0 Å². The summed E-state index contributed by atoms with van der Waals surface area (Å²) in [6, 6.07) is 0. The van der Waals surface area contributed by atoms with E-state index >= 15 is 0 Å². The smallest absolute Gasteiger partial charge is 0.00642 e. The normalized spacial score (nSPS) is 12.3. The van der Waals surface area contributed by atoms with Crippen molar-refractivity contribution < 1.29 is 0 Å². The molecule has 0 spiro atoms. The van der Waals surface area contributed by atoms with E-state index in [4.69, 9.17) is 0 Å². The van der Waals surface area contributed by atoms with E-state index in [0.717, 1.165) is 56.3 Å². The minimum Gasteiger partial charge on any atom is -0.0998 e. The van der Waals surface area contributed by atoms with Gasteiger partial charge < -0.3 is 0 Å². The molecule has 0 aliphatic heterocycles. The SMILES string of the molecule is C=C(CCC(=C)CC(C)(C)CCCC)Cc1c(C)c(C)c(C)c(CCC(C)C(=C)CCC(C)C(C)C)c1C.CC.CC.CC(C)C. The maximum atomic E-state index is 4.52. The number of rotatable bonds is 18. The largest absolute Gasteiger partial charge is 0.0998 e. The van der Waals surface area contributed by atoms with Gasteiger partial charge in [0.1, 0.15) is 0 Å². The van der Waals surface area contributed by atoms with Gasteiger partial charge in [0.15, 0.2) is 0 Å². The summed E-state index contributed by atoms with van der Waals surface area (Å²) < 4.78 is 0. The minimum absolute atomic E-state index is 0.361. The third-order valence-corrected chi connectivity index (χ3v) is 9.71. The van der Waals surface area contributed by atoms with E-state index in [0.29, 0.717) is 11.3 Å². The third kappa shape index (κ3) is 20.6. The van der Waals surface area contributed by atoms with Crippen molar-refractivity contribution in [3.63, 3.8) is 0 Å². The molecule has 270 valence electrons. The molecule has 0 radical (unpaired) electrons. The first-order valence-corrected chi connectivity index (χ1v) is 19.4. The van der Waals surface area contributed by atoms with Gasteiger partial charge >= 0.3 is 0 Å². The molecule has 2 unspecified atom stereocenters. The van der Waals surface area contributed by atoms with Gasteiger partial charge in [-0.05, 0) is 148 Å². The highest BCUT2D eigenvalue weighted by Gasteiger charge is 2.20. The number of hydrogen-bond acceptors (Lipinski definition) is 0. The van der Waals surface area contributed by atoms with Gasteiger partial charge in [-0.2, -0.15) is 0 Å². The topological polar surface area (TPSA) is 0 Å². The van der Waals surface area contributed by atoms with Crippen molar-refractivity contribution in [2.45, 2.75) is 195 Å². The van der Waals surface area contributed by atoms with E-state index in [1.807, 2.05) is 27.7 Å². The molecule has 0 saturated carbocycles. The number of benzene rings is 1. The summed E-state index contributed by atoms with van der Waals surface area (Å²) in [6.07, 6.45) is 12.9. The van der Waals surface area contributed by atoms with E-state index in [2.05, 4.69) is 117 Å².